The highest BCUT2D eigenvalue weighted by molar-refractivity contribution is 5.90. The minimum Gasteiger partial charge on any atom is -0.456 e. The number of anilines is 1. The van der Waals surface area contributed by atoms with Crippen molar-refractivity contribution in [2.75, 3.05) is 5.32 Å². The summed E-state index contributed by atoms with van der Waals surface area (Å²) in [5.74, 6) is 0.173. The predicted octanol–water partition coefficient (Wildman–Crippen LogP) is 3.31. The molecule has 0 aliphatic carbocycles. The number of nitrogens with zero attached hydrogens (tertiary/aromatic N) is 1. The number of hydrogen-bond donors (Lipinski definition) is 2. The zero-order chi connectivity index (χ0) is 17.8. The molecule has 1 unspecified atom stereocenters. The van der Waals surface area contributed by atoms with Gasteiger partial charge in [-0.05, 0) is 17.5 Å². The molecule has 2 aromatic rings. The van der Waals surface area contributed by atoms with Crippen molar-refractivity contribution in [1.29, 1.82) is 0 Å². The number of aliphatic imine (C=N–C) groups is 1. The third-order valence-electron chi connectivity index (χ3n) is 3.99. The molecule has 2 atom stereocenters. The van der Waals surface area contributed by atoms with Gasteiger partial charge in [0.05, 0.1) is 5.56 Å². The van der Waals surface area contributed by atoms with Crippen LogP contribution in [0.1, 0.15) is 42.4 Å². The average Bonchev–Trinajstić information content (AvgIpc) is 2.61. The molecule has 25 heavy (non-hydrogen) atoms. The molecule has 0 fully saturated rings. The molecule has 0 spiro atoms. The van der Waals surface area contributed by atoms with Gasteiger partial charge in [-0.25, -0.2) is 4.79 Å². The second-order valence-electron chi connectivity index (χ2n) is 5.66. The van der Waals surface area contributed by atoms with Crippen molar-refractivity contribution < 1.29 is 14.3 Å². The molecule has 6 nitrogen and oxygen atoms in total. The smallest absolute Gasteiger partial charge is 0.337 e. The molecule has 1 aliphatic heterocycles. The van der Waals surface area contributed by atoms with E-state index in [0.29, 0.717) is 24.0 Å². The summed E-state index contributed by atoms with van der Waals surface area (Å²) in [6, 6.07) is 11.1. The predicted molar refractivity (Wildman–Crippen MR) is 95.5 cm³/mol. The molecule has 6 heteroatoms. The zero-order valence-electron chi connectivity index (χ0n) is 13.9. The molecular weight excluding hydrogens is 320 g/mol. The van der Waals surface area contributed by atoms with Crippen LogP contribution in [0.4, 0.5) is 5.88 Å². The molecule has 130 valence electrons. The molecule has 0 bridgehead atoms. The summed E-state index contributed by atoms with van der Waals surface area (Å²) in [6.07, 6.45) is 1.43. The maximum atomic E-state index is 11.7. The number of aliphatic hydroxyl groups is 1. The van der Waals surface area contributed by atoms with Gasteiger partial charge in [-0.2, -0.15) is 4.99 Å². The van der Waals surface area contributed by atoms with Crippen LogP contribution in [0.2, 0.25) is 0 Å². The Kier molecular flexibility index (Phi) is 5.00. The van der Waals surface area contributed by atoms with E-state index in [1.54, 1.807) is 6.08 Å². The number of benzene rings is 1. The normalized spacial score (nSPS) is 17.0. The number of hydrogen-bond acceptors (Lipinski definition) is 6. The van der Waals surface area contributed by atoms with Crippen LogP contribution >= 0.6 is 0 Å². The van der Waals surface area contributed by atoms with Crippen molar-refractivity contribution in [3.63, 3.8) is 0 Å². The van der Waals surface area contributed by atoms with Gasteiger partial charge < -0.3 is 14.3 Å². The Morgan fingerprint density at radius 2 is 2.20 bits per heavy atom. The number of rotatable bonds is 5. The first-order valence-corrected chi connectivity index (χ1v) is 8.14. The number of amidine groups is 1. The van der Waals surface area contributed by atoms with Gasteiger partial charge in [0, 0.05) is 12.5 Å². The fraction of sp³-hybridized carbons (Fsp3) is 0.263. The minimum atomic E-state index is -1.15. The van der Waals surface area contributed by atoms with Gasteiger partial charge in [0.15, 0.2) is 6.23 Å². The van der Waals surface area contributed by atoms with Crippen LogP contribution in [0.3, 0.4) is 0 Å². The van der Waals surface area contributed by atoms with Crippen molar-refractivity contribution in [1.82, 2.24) is 0 Å². The van der Waals surface area contributed by atoms with E-state index < -0.39 is 11.9 Å². The first kappa shape index (κ1) is 17.0. The zero-order valence-corrected chi connectivity index (χ0v) is 13.9. The first-order chi connectivity index (χ1) is 12.1. The molecule has 1 aromatic heterocycles. The Labute approximate surface area is 145 Å². The summed E-state index contributed by atoms with van der Waals surface area (Å²) in [6.45, 7) is 5.65. The van der Waals surface area contributed by atoms with Crippen LogP contribution in [-0.4, -0.2) is 11.1 Å². The lowest BCUT2D eigenvalue weighted by Gasteiger charge is -2.25. The van der Waals surface area contributed by atoms with Crippen molar-refractivity contribution in [2.24, 2.45) is 4.99 Å². The van der Waals surface area contributed by atoms with Crippen molar-refractivity contribution in [3.05, 3.63) is 76.2 Å². The van der Waals surface area contributed by atoms with Gasteiger partial charge in [0.25, 0.3) is 6.02 Å². The molecule has 0 amide bonds. The quantitative estimate of drug-likeness (QED) is 0.816. The first-order valence-electron chi connectivity index (χ1n) is 8.14. The topological polar surface area (TPSA) is 84.1 Å². The van der Waals surface area contributed by atoms with E-state index >= 15 is 0 Å². The summed E-state index contributed by atoms with van der Waals surface area (Å²) >= 11 is 0. The van der Waals surface area contributed by atoms with Crippen LogP contribution in [0, 0.1) is 0 Å². The Bertz CT molecular complexity index is 842. The summed E-state index contributed by atoms with van der Waals surface area (Å²) < 4.78 is 11.1. The third-order valence-corrected chi connectivity index (χ3v) is 3.99. The molecular formula is C19H20N2O4. The SMILES string of the molecule is C=CC[C@H](OC1=NC(O)c2c(CC)cc(=O)oc2N1)c1ccccc1. The fourth-order valence-corrected chi connectivity index (χ4v) is 2.79. The minimum absolute atomic E-state index is 0.104. The van der Waals surface area contributed by atoms with Crippen LogP contribution < -0.4 is 10.9 Å². The highest BCUT2D eigenvalue weighted by atomic mass is 16.5. The van der Waals surface area contributed by atoms with Crippen molar-refractivity contribution in [3.8, 4) is 0 Å². The van der Waals surface area contributed by atoms with E-state index in [4.69, 9.17) is 9.15 Å². The van der Waals surface area contributed by atoms with Crippen LogP contribution in [0.15, 0.2) is 63.3 Å². The van der Waals surface area contributed by atoms with Crippen LogP contribution in [0.5, 0.6) is 0 Å². The van der Waals surface area contributed by atoms with Gasteiger partial charge in [-0.3, -0.25) is 5.32 Å². The molecule has 2 N–H and O–H groups in total. The summed E-state index contributed by atoms with van der Waals surface area (Å²) in [5, 5.41) is 13.2. The number of aliphatic hydroxyl groups excluding tert-OH is 1. The van der Waals surface area contributed by atoms with Crippen molar-refractivity contribution in [2.45, 2.75) is 32.1 Å². The van der Waals surface area contributed by atoms with E-state index in [1.807, 2.05) is 37.3 Å². The maximum Gasteiger partial charge on any atom is 0.337 e. The Morgan fingerprint density at radius 3 is 2.88 bits per heavy atom. The van der Waals surface area contributed by atoms with Crippen molar-refractivity contribution >= 4 is 11.9 Å². The summed E-state index contributed by atoms with van der Waals surface area (Å²) in [5.41, 5.74) is 1.63. The van der Waals surface area contributed by atoms with Gasteiger partial charge in [0.1, 0.15) is 6.10 Å². The molecule has 3 rings (SSSR count). The largest absolute Gasteiger partial charge is 0.456 e. The molecule has 1 aliphatic rings. The number of ether oxygens (including phenoxy) is 1. The third kappa shape index (κ3) is 3.64. The monoisotopic (exact) mass is 340 g/mol. The van der Waals surface area contributed by atoms with Crippen LogP contribution in [0.25, 0.3) is 0 Å². The summed E-state index contributed by atoms with van der Waals surface area (Å²) in [7, 11) is 0. The van der Waals surface area contributed by atoms with E-state index in [9.17, 15) is 9.90 Å². The van der Waals surface area contributed by atoms with E-state index in [0.717, 1.165) is 5.56 Å². The standard InChI is InChI=1S/C19H20N2O4/c1-3-8-14(13-9-6-5-7-10-13)24-19-20-17(23)16-12(4-2)11-15(22)25-18(16)21-19/h3,5-7,9-11,14,17,23H,1,4,8H2,2H3,(H,20,21)/t14-,17?/m0/s1. The average molecular weight is 340 g/mol. The van der Waals surface area contributed by atoms with Gasteiger partial charge >= 0.3 is 5.63 Å². The Balaban J connectivity index is 1.89. The van der Waals surface area contributed by atoms with Gasteiger partial charge in [-0.1, -0.05) is 43.3 Å². The second kappa shape index (κ2) is 7.36. The highest BCUT2D eigenvalue weighted by Crippen LogP contribution is 2.32. The summed E-state index contributed by atoms with van der Waals surface area (Å²) in [4.78, 5) is 15.9. The molecule has 1 aromatic carbocycles. The van der Waals surface area contributed by atoms with Crippen LogP contribution in [-0.2, 0) is 11.2 Å². The molecule has 0 saturated heterocycles. The van der Waals surface area contributed by atoms with E-state index in [2.05, 4.69) is 16.9 Å². The molecule has 2 heterocycles. The lowest BCUT2D eigenvalue weighted by atomic mass is 10.1. The van der Waals surface area contributed by atoms with Gasteiger partial charge in [0.2, 0.25) is 5.88 Å². The lowest BCUT2D eigenvalue weighted by Crippen LogP contribution is -2.27. The maximum absolute atomic E-state index is 11.7. The number of aryl methyl sites for hydroxylation is 1. The number of fused-ring (bicyclic) bond motifs is 1. The molecule has 0 saturated carbocycles. The van der Waals surface area contributed by atoms with E-state index in [1.165, 1.54) is 6.07 Å². The number of nitrogens with one attached hydrogen (secondary N) is 1. The Hall–Kier alpha value is -2.86. The highest BCUT2D eigenvalue weighted by Gasteiger charge is 2.27. The lowest BCUT2D eigenvalue weighted by molar-refractivity contribution is 0.156. The second-order valence-corrected chi connectivity index (χ2v) is 5.66. The Morgan fingerprint density at radius 1 is 1.44 bits per heavy atom. The van der Waals surface area contributed by atoms with Gasteiger partial charge in [-0.15, -0.1) is 6.58 Å². The molecule has 0 radical (unpaired) electrons. The van der Waals surface area contributed by atoms with E-state index in [-0.39, 0.29) is 18.0 Å². The fourth-order valence-electron chi connectivity index (χ4n) is 2.79.